The predicted octanol–water partition coefficient (Wildman–Crippen LogP) is 8.55. The van der Waals surface area contributed by atoms with Gasteiger partial charge in [-0.25, -0.2) is 0 Å². The molecule has 0 aromatic heterocycles. The first-order chi connectivity index (χ1) is 14.6. The highest BCUT2D eigenvalue weighted by molar-refractivity contribution is 5.50. The Hall–Kier alpha value is -1.96. The Bertz CT molecular complexity index is 699. The van der Waals surface area contributed by atoms with E-state index in [1.54, 1.807) is 0 Å². The highest BCUT2D eigenvalue weighted by atomic mass is 16.3. The van der Waals surface area contributed by atoms with E-state index in [2.05, 4.69) is 6.92 Å². The van der Waals surface area contributed by atoms with Crippen LogP contribution in [0.3, 0.4) is 0 Å². The Kier molecular flexibility index (Phi) is 10.8. The fraction of sp³-hybridized carbons (Fsp3) is 0.571. The van der Waals surface area contributed by atoms with Crippen molar-refractivity contribution in [1.82, 2.24) is 0 Å². The van der Waals surface area contributed by atoms with Gasteiger partial charge in [0.15, 0.2) is 0 Å². The minimum absolute atomic E-state index is 0.0309. The summed E-state index contributed by atoms with van der Waals surface area (Å²) in [6.45, 7) is 6.15. The average molecular weight is 411 g/mol. The van der Waals surface area contributed by atoms with Crippen molar-refractivity contribution in [1.29, 1.82) is 0 Å². The average Bonchev–Trinajstić information content (AvgIpc) is 2.74. The van der Waals surface area contributed by atoms with Crippen LogP contribution < -0.4 is 0 Å². The van der Waals surface area contributed by atoms with Gasteiger partial charge in [0.2, 0.25) is 0 Å². The van der Waals surface area contributed by atoms with Gasteiger partial charge in [0.25, 0.3) is 0 Å². The molecule has 2 rings (SSSR count). The largest absolute Gasteiger partial charge is 0.507 e. The van der Waals surface area contributed by atoms with Gasteiger partial charge in [-0.15, -0.1) is 0 Å². The van der Waals surface area contributed by atoms with Crippen molar-refractivity contribution in [2.75, 3.05) is 0 Å². The fourth-order valence-corrected chi connectivity index (χ4v) is 4.42. The zero-order valence-corrected chi connectivity index (χ0v) is 19.4. The number of aryl methyl sites for hydroxylation is 2. The van der Waals surface area contributed by atoms with Crippen LogP contribution in [0.15, 0.2) is 36.4 Å². The number of unbranched alkanes of at least 4 members (excludes halogenated alkanes) is 10. The van der Waals surface area contributed by atoms with Crippen molar-refractivity contribution in [2.24, 2.45) is 0 Å². The molecule has 0 aliphatic rings. The SMILES string of the molecule is CCCCCCCCCCCCCC(c1cccc(C)c1O)c1cccc(C)c1O. The molecule has 0 heterocycles. The second-order valence-corrected chi connectivity index (χ2v) is 8.90. The number of aromatic hydroxyl groups is 2. The molecule has 0 spiro atoms. The summed E-state index contributed by atoms with van der Waals surface area (Å²) in [6.07, 6.45) is 15.5. The molecular weight excluding hydrogens is 368 g/mol. The van der Waals surface area contributed by atoms with Crippen LogP contribution in [0.5, 0.6) is 11.5 Å². The number of para-hydroxylation sites is 2. The quantitative estimate of drug-likeness (QED) is 0.306. The summed E-state index contributed by atoms with van der Waals surface area (Å²) in [5.41, 5.74) is 3.65. The van der Waals surface area contributed by atoms with E-state index in [4.69, 9.17) is 0 Å². The molecule has 2 aromatic carbocycles. The van der Waals surface area contributed by atoms with Crippen molar-refractivity contribution in [3.8, 4) is 11.5 Å². The molecule has 0 saturated heterocycles. The summed E-state index contributed by atoms with van der Waals surface area (Å²) in [5.74, 6) is 0.765. The summed E-state index contributed by atoms with van der Waals surface area (Å²) < 4.78 is 0. The maximum Gasteiger partial charge on any atom is 0.122 e. The van der Waals surface area contributed by atoms with E-state index >= 15 is 0 Å². The highest BCUT2D eigenvalue weighted by Crippen LogP contribution is 2.41. The first kappa shape index (κ1) is 24.3. The monoisotopic (exact) mass is 410 g/mol. The summed E-state index contributed by atoms with van der Waals surface area (Å²) in [6, 6.07) is 11.9. The molecule has 0 atom stereocenters. The van der Waals surface area contributed by atoms with Crippen molar-refractivity contribution >= 4 is 0 Å². The standard InChI is InChI=1S/C28H42O2/c1-4-5-6-7-8-9-10-11-12-13-14-19-24(25-20-15-17-22(2)27(25)29)26-21-16-18-23(3)28(26)30/h15-18,20-21,24,29-30H,4-14,19H2,1-3H3. The van der Waals surface area contributed by atoms with Gasteiger partial charge in [-0.3, -0.25) is 0 Å². The molecule has 30 heavy (non-hydrogen) atoms. The van der Waals surface area contributed by atoms with Gasteiger partial charge in [0.05, 0.1) is 0 Å². The molecule has 0 radical (unpaired) electrons. The van der Waals surface area contributed by atoms with Gasteiger partial charge in [-0.1, -0.05) is 114 Å². The van der Waals surface area contributed by atoms with Crippen molar-refractivity contribution < 1.29 is 10.2 Å². The van der Waals surface area contributed by atoms with Gasteiger partial charge in [-0.05, 0) is 31.4 Å². The molecule has 2 N–H and O–H groups in total. The maximum absolute atomic E-state index is 10.7. The zero-order chi connectivity index (χ0) is 21.8. The summed E-state index contributed by atoms with van der Waals surface area (Å²) in [4.78, 5) is 0. The number of hydrogen-bond acceptors (Lipinski definition) is 2. The van der Waals surface area contributed by atoms with Crippen molar-refractivity contribution in [3.63, 3.8) is 0 Å². The summed E-state index contributed by atoms with van der Waals surface area (Å²) in [7, 11) is 0. The van der Waals surface area contributed by atoms with E-state index in [-0.39, 0.29) is 5.92 Å². The van der Waals surface area contributed by atoms with Crippen LogP contribution in [-0.2, 0) is 0 Å². The molecule has 0 saturated carbocycles. The number of rotatable bonds is 14. The second kappa shape index (κ2) is 13.4. The Labute approximate surface area is 184 Å². The molecule has 0 aliphatic heterocycles. The first-order valence-electron chi connectivity index (χ1n) is 12.1. The maximum atomic E-state index is 10.7. The van der Waals surface area contributed by atoms with E-state index in [1.807, 2.05) is 50.2 Å². The number of hydrogen-bond donors (Lipinski definition) is 2. The molecule has 166 valence electrons. The van der Waals surface area contributed by atoms with Crippen LogP contribution in [0.4, 0.5) is 0 Å². The van der Waals surface area contributed by atoms with Crippen LogP contribution in [0.25, 0.3) is 0 Å². The second-order valence-electron chi connectivity index (χ2n) is 8.90. The first-order valence-corrected chi connectivity index (χ1v) is 12.1. The number of benzene rings is 2. The third kappa shape index (κ3) is 7.38. The van der Waals surface area contributed by atoms with Crippen LogP contribution in [0, 0.1) is 13.8 Å². The van der Waals surface area contributed by atoms with E-state index in [0.717, 1.165) is 35.1 Å². The minimum atomic E-state index is 0.0309. The molecule has 0 fully saturated rings. The molecule has 2 aromatic rings. The Balaban J connectivity index is 1.88. The lowest BCUT2D eigenvalue weighted by atomic mass is 9.84. The van der Waals surface area contributed by atoms with E-state index < -0.39 is 0 Å². The van der Waals surface area contributed by atoms with Gasteiger partial charge >= 0.3 is 0 Å². The smallest absolute Gasteiger partial charge is 0.122 e. The minimum Gasteiger partial charge on any atom is -0.507 e. The molecule has 2 heteroatoms. The third-order valence-electron chi connectivity index (χ3n) is 6.39. The molecule has 0 bridgehead atoms. The fourth-order valence-electron chi connectivity index (χ4n) is 4.42. The lowest BCUT2D eigenvalue weighted by Crippen LogP contribution is -2.04. The molecule has 0 unspecified atom stereocenters. The van der Waals surface area contributed by atoms with Crippen LogP contribution >= 0.6 is 0 Å². The zero-order valence-electron chi connectivity index (χ0n) is 19.4. The predicted molar refractivity (Wildman–Crippen MR) is 129 cm³/mol. The summed E-state index contributed by atoms with van der Waals surface area (Å²) >= 11 is 0. The van der Waals surface area contributed by atoms with E-state index in [9.17, 15) is 10.2 Å². The van der Waals surface area contributed by atoms with Crippen LogP contribution in [0.1, 0.15) is 112 Å². The molecule has 0 amide bonds. The van der Waals surface area contributed by atoms with Gasteiger partial charge in [0, 0.05) is 17.0 Å². The van der Waals surface area contributed by atoms with E-state index in [1.165, 1.54) is 64.2 Å². The highest BCUT2D eigenvalue weighted by Gasteiger charge is 2.21. The van der Waals surface area contributed by atoms with Gasteiger partial charge in [0.1, 0.15) is 11.5 Å². The Morgan fingerprint density at radius 3 is 1.43 bits per heavy atom. The lowest BCUT2D eigenvalue weighted by molar-refractivity contribution is 0.443. The normalized spacial score (nSPS) is 11.3. The van der Waals surface area contributed by atoms with Crippen LogP contribution in [0.2, 0.25) is 0 Å². The van der Waals surface area contributed by atoms with Gasteiger partial charge in [-0.2, -0.15) is 0 Å². The van der Waals surface area contributed by atoms with Crippen LogP contribution in [-0.4, -0.2) is 10.2 Å². The molecule has 2 nitrogen and oxygen atoms in total. The topological polar surface area (TPSA) is 40.5 Å². The third-order valence-corrected chi connectivity index (χ3v) is 6.39. The Morgan fingerprint density at radius 2 is 1.00 bits per heavy atom. The van der Waals surface area contributed by atoms with E-state index in [0.29, 0.717) is 11.5 Å². The van der Waals surface area contributed by atoms with Crippen molar-refractivity contribution in [2.45, 2.75) is 104 Å². The van der Waals surface area contributed by atoms with Crippen molar-refractivity contribution in [3.05, 3.63) is 58.7 Å². The number of phenols is 2. The van der Waals surface area contributed by atoms with Gasteiger partial charge < -0.3 is 10.2 Å². The molecule has 0 aliphatic carbocycles. The lowest BCUT2D eigenvalue weighted by Gasteiger charge is -2.22. The Morgan fingerprint density at radius 1 is 0.600 bits per heavy atom. The number of phenolic OH excluding ortho intramolecular Hbond substituents is 2. The summed E-state index contributed by atoms with van der Waals surface area (Å²) in [5, 5.41) is 21.4. The molecular formula is C28H42O2.